The highest BCUT2D eigenvalue weighted by molar-refractivity contribution is 5.25. The van der Waals surface area contributed by atoms with Gasteiger partial charge in [0.15, 0.2) is 0 Å². The lowest BCUT2D eigenvalue weighted by atomic mass is 10.1. The van der Waals surface area contributed by atoms with Crippen molar-refractivity contribution in [1.82, 2.24) is 20.1 Å². The summed E-state index contributed by atoms with van der Waals surface area (Å²) < 4.78 is 1.97. The summed E-state index contributed by atoms with van der Waals surface area (Å²) in [6.07, 6.45) is 1.63. The van der Waals surface area contributed by atoms with Crippen LogP contribution in [0.1, 0.15) is 30.8 Å². The molecule has 0 atom stereocenters. The van der Waals surface area contributed by atoms with Crippen LogP contribution in [0.15, 0.2) is 30.6 Å². The van der Waals surface area contributed by atoms with Gasteiger partial charge in [0.25, 0.3) is 0 Å². The minimum atomic E-state index is 0.646. The minimum Gasteiger partial charge on any atom is -0.310 e. The fourth-order valence-electron chi connectivity index (χ4n) is 1.98. The van der Waals surface area contributed by atoms with Gasteiger partial charge in [0.05, 0.1) is 13.1 Å². The maximum atomic E-state index is 4.33. The van der Waals surface area contributed by atoms with Crippen molar-refractivity contribution < 1.29 is 0 Å². The third-order valence-corrected chi connectivity index (χ3v) is 3.11. The predicted octanol–water partition coefficient (Wildman–Crippen LogP) is 2.38. The van der Waals surface area contributed by atoms with Crippen LogP contribution >= 0.6 is 0 Å². The van der Waals surface area contributed by atoms with E-state index in [4.69, 9.17) is 0 Å². The molecule has 1 aromatic carbocycles. The minimum absolute atomic E-state index is 0.646. The Morgan fingerprint density at radius 1 is 1.26 bits per heavy atom. The van der Waals surface area contributed by atoms with Crippen LogP contribution in [0.2, 0.25) is 0 Å². The van der Waals surface area contributed by atoms with Crippen LogP contribution in [0.4, 0.5) is 0 Å². The Labute approximate surface area is 114 Å². The molecule has 19 heavy (non-hydrogen) atoms. The molecule has 0 fully saturated rings. The van der Waals surface area contributed by atoms with Gasteiger partial charge >= 0.3 is 0 Å². The van der Waals surface area contributed by atoms with Crippen molar-refractivity contribution in [2.45, 2.75) is 33.9 Å². The zero-order valence-corrected chi connectivity index (χ0v) is 11.9. The van der Waals surface area contributed by atoms with Gasteiger partial charge in [0, 0.05) is 0 Å². The van der Waals surface area contributed by atoms with E-state index in [1.54, 1.807) is 6.33 Å². The zero-order valence-electron chi connectivity index (χ0n) is 11.9. The number of benzene rings is 1. The molecule has 0 aliphatic carbocycles. The SMILES string of the molecule is Cc1ccccc1Cn1ncnc1CNCC(C)C. The lowest BCUT2D eigenvalue weighted by molar-refractivity contribution is 0.523. The first-order chi connectivity index (χ1) is 9.16. The van der Waals surface area contributed by atoms with Crippen molar-refractivity contribution in [1.29, 1.82) is 0 Å². The summed E-state index contributed by atoms with van der Waals surface area (Å²) in [6.45, 7) is 9.08. The molecule has 2 rings (SSSR count). The first-order valence-corrected chi connectivity index (χ1v) is 6.78. The highest BCUT2D eigenvalue weighted by Crippen LogP contribution is 2.09. The molecule has 0 aliphatic heterocycles. The third-order valence-electron chi connectivity index (χ3n) is 3.11. The molecule has 0 aliphatic rings. The van der Waals surface area contributed by atoms with Gasteiger partial charge in [-0.15, -0.1) is 0 Å². The van der Waals surface area contributed by atoms with Gasteiger partial charge in [0.1, 0.15) is 12.2 Å². The number of hydrogen-bond acceptors (Lipinski definition) is 3. The molecule has 0 amide bonds. The summed E-state index contributed by atoms with van der Waals surface area (Å²) in [5, 5.41) is 7.72. The summed E-state index contributed by atoms with van der Waals surface area (Å²) in [4.78, 5) is 4.33. The molecular formula is C15H22N4. The van der Waals surface area contributed by atoms with E-state index in [1.165, 1.54) is 11.1 Å². The van der Waals surface area contributed by atoms with E-state index in [1.807, 2.05) is 4.68 Å². The highest BCUT2D eigenvalue weighted by Gasteiger charge is 2.06. The van der Waals surface area contributed by atoms with Crippen LogP contribution in [0, 0.1) is 12.8 Å². The summed E-state index contributed by atoms with van der Waals surface area (Å²) in [7, 11) is 0. The van der Waals surface area contributed by atoms with Crippen LogP contribution in [0.3, 0.4) is 0 Å². The number of nitrogens with one attached hydrogen (secondary N) is 1. The maximum Gasteiger partial charge on any atom is 0.141 e. The van der Waals surface area contributed by atoms with E-state index >= 15 is 0 Å². The van der Waals surface area contributed by atoms with Crippen molar-refractivity contribution >= 4 is 0 Å². The van der Waals surface area contributed by atoms with Crippen LogP contribution in [-0.4, -0.2) is 21.3 Å². The molecule has 0 saturated heterocycles. The summed E-state index contributed by atoms with van der Waals surface area (Å²) in [6, 6.07) is 8.40. The van der Waals surface area contributed by atoms with Gasteiger partial charge in [-0.1, -0.05) is 38.1 Å². The molecule has 0 spiro atoms. The number of aryl methyl sites for hydroxylation is 1. The average molecular weight is 258 g/mol. The highest BCUT2D eigenvalue weighted by atomic mass is 15.3. The average Bonchev–Trinajstić information content (AvgIpc) is 2.79. The zero-order chi connectivity index (χ0) is 13.7. The smallest absolute Gasteiger partial charge is 0.141 e. The molecule has 4 nitrogen and oxygen atoms in total. The largest absolute Gasteiger partial charge is 0.310 e. The Morgan fingerprint density at radius 3 is 2.79 bits per heavy atom. The summed E-state index contributed by atoms with van der Waals surface area (Å²) in [5.41, 5.74) is 2.58. The molecule has 1 heterocycles. The molecule has 4 heteroatoms. The van der Waals surface area contributed by atoms with Crippen LogP contribution in [0.25, 0.3) is 0 Å². The second-order valence-electron chi connectivity index (χ2n) is 5.29. The molecule has 1 aromatic heterocycles. The topological polar surface area (TPSA) is 42.7 Å². The second-order valence-corrected chi connectivity index (χ2v) is 5.29. The third kappa shape index (κ3) is 3.89. The summed E-state index contributed by atoms with van der Waals surface area (Å²) in [5.74, 6) is 1.64. The Balaban J connectivity index is 2.01. The Kier molecular flexibility index (Phi) is 4.68. The molecule has 0 radical (unpaired) electrons. The van der Waals surface area contributed by atoms with Crippen molar-refractivity contribution in [3.8, 4) is 0 Å². The second kappa shape index (κ2) is 6.48. The van der Waals surface area contributed by atoms with E-state index in [9.17, 15) is 0 Å². The normalized spacial score (nSPS) is 11.2. The lowest BCUT2D eigenvalue weighted by Crippen LogP contribution is -2.22. The van der Waals surface area contributed by atoms with Crippen LogP contribution in [-0.2, 0) is 13.1 Å². The monoisotopic (exact) mass is 258 g/mol. The van der Waals surface area contributed by atoms with Gasteiger partial charge in [-0.25, -0.2) is 9.67 Å². The van der Waals surface area contributed by atoms with E-state index < -0.39 is 0 Å². The number of rotatable bonds is 6. The molecule has 0 saturated carbocycles. The molecule has 2 aromatic rings. The van der Waals surface area contributed by atoms with E-state index in [2.05, 4.69) is 60.4 Å². The van der Waals surface area contributed by atoms with Crippen molar-refractivity contribution in [3.05, 3.63) is 47.5 Å². The Hall–Kier alpha value is -1.68. The molecule has 102 valence electrons. The number of nitrogens with zero attached hydrogens (tertiary/aromatic N) is 3. The molecule has 0 bridgehead atoms. The Morgan fingerprint density at radius 2 is 2.05 bits per heavy atom. The summed E-state index contributed by atoms with van der Waals surface area (Å²) >= 11 is 0. The Bertz CT molecular complexity index is 516. The quantitative estimate of drug-likeness (QED) is 0.865. The first kappa shape index (κ1) is 13.7. The lowest BCUT2D eigenvalue weighted by Gasteiger charge is -2.10. The number of aromatic nitrogens is 3. The molecular weight excluding hydrogens is 236 g/mol. The van der Waals surface area contributed by atoms with E-state index in [0.717, 1.165) is 25.5 Å². The van der Waals surface area contributed by atoms with Gasteiger partial charge in [-0.3, -0.25) is 0 Å². The standard InChI is InChI=1S/C15H22N4/c1-12(2)8-16-9-15-17-11-18-19(15)10-14-7-5-4-6-13(14)3/h4-7,11-12,16H,8-10H2,1-3H3. The van der Waals surface area contributed by atoms with E-state index in [-0.39, 0.29) is 0 Å². The van der Waals surface area contributed by atoms with Crippen molar-refractivity contribution in [2.24, 2.45) is 5.92 Å². The van der Waals surface area contributed by atoms with Gasteiger partial charge in [0.2, 0.25) is 0 Å². The first-order valence-electron chi connectivity index (χ1n) is 6.78. The van der Waals surface area contributed by atoms with Crippen LogP contribution in [0.5, 0.6) is 0 Å². The van der Waals surface area contributed by atoms with Gasteiger partial charge in [-0.05, 0) is 30.5 Å². The van der Waals surface area contributed by atoms with Crippen molar-refractivity contribution in [3.63, 3.8) is 0 Å². The van der Waals surface area contributed by atoms with Crippen molar-refractivity contribution in [2.75, 3.05) is 6.54 Å². The maximum absolute atomic E-state index is 4.33. The van der Waals surface area contributed by atoms with E-state index in [0.29, 0.717) is 5.92 Å². The predicted molar refractivity (Wildman–Crippen MR) is 76.8 cm³/mol. The fourth-order valence-corrected chi connectivity index (χ4v) is 1.98. The molecule has 0 unspecified atom stereocenters. The van der Waals surface area contributed by atoms with Crippen LogP contribution < -0.4 is 5.32 Å². The van der Waals surface area contributed by atoms with Gasteiger partial charge in [-0.2, -0.15) is 5.10 Å². The fraction of sp³-hybridized carbons (Fsp3) is 0.467. The number of hydrogen-bond donors (Lipinski definition) is 1. The molecule has 1 N–H and O–H groups in total. The van der Waals surface area contributed by atoms with Gasteiger partial charge < -0.3 is 5.32 Å².